The number of hydrogen-bond acceptors (Lipinski definition) is 4. The Morgan fingerprint density at radius 1 is 1.00 bits per heavy atom. The number of nitrogens with zero attached hydrogens (tertiary/aromatic N) is 5. The minimum absolute atomic E-state index is 0.139. The van der Waals surface area contributed by atoms with Crippen molar-refractivity contribution in [3.8, 4) is 22.6 Å². The van der Waals surface area contributed by atoms with Gasteiger partial charge in [-0.1, -0.05) is 0 Å². The largest absolute Gasteiger partial charge is 0.354 e. The van der Waals surface area contributed by atoms with Gasteiger partial charge in [-0.3, -0.25) is 0 Å². The molecular weight excluding hydrogens is 446 g/mol. The highest BCUT2D eigenvalue weighted by molar-refractivity contribution is 5.80. The SMILES string of the molecule is CCNc1nccc(-c2c(-c3ccc(F)cc3)nc3n2C(Cn2ccc4cc(F)ccc42)CC3)n1. The van der Waals surface area contributed by atoms with Gasteiger partial charge in [0.15, 0.2) is 0 Å². The van der Waals surface area contributed by atoms with Crippen LogP contribution in [0.5, 0.6) is 0 Å². The van der Waals surface area contributed by atoms with Crippen LogP contribution < -0.4 is 5.32 Å². The first-order valence-corrected chi connectivity index (χ1v) is 11.8. The van der Waals surface area contributed by atoms with Gasteiger partial charge in [-0.05, 0) is 67.9 Å². The average Bonchev–Trinajstić information content (AvgIpc) is 3.54. The number of benzene rings is 2. The fourth-order valence-electron chi connectivity index (χ4n) is 4.99. The van der Waals surface area contributed by atoms with E-state index in [2.05, 4.69) is 19.4 Å². The van der Waals surface area contributed by atoms with E-state index < -0.39 is 0 Å². The minimum atomic E-state index is -0.285. The van der Waals surface area contributed by atoms with Crippen LogP contribution in [-0.4, -0.2) is 30.6 Å². The average molecular weight is 471 g/mol. The smallest absolute Gasteiger partial charge is 0.223 e. The molecule has 0 radical (unpaired) electrons. The second-order valence-corrected chi connectivity index (χ2v) is 8.76. The number of hydrogen-bond donors (Lipinski definition) is 1. The van der Waals surface area contributed by atoms with Gasteiger partial charge in [0.25, 0.3) is 0 Å². The van der Waals surface area contributed by atoms with E-state index in [9.17, 15) is 8.78 Å². The molecule has 1 atom stereocenters. The summed E-state index contributed by atoms with van der Waals surface area (Å²) in [4.78, 5) is 14.1. The molecule has 1 aliphatic heterocycles. The molecule has 4 heterocycles. The zero-order chi connectivity index (χ0) is 23.9. The standard InChI is InChI=1S/C27H24F2N6/c1-2-30-27-31-13-11-22(32-27)26-25(17-3-5-19(28)6-4-17)33-24-10-8-21(35(24)26)16-34-14-12-18-15-20(29)7-9-23(18)34/h3-7,9,11-15,21H,2,8,10,16H2,1H3,(H,30,31,32). The second kappa shape index (κ2) is 8.61. The molecule has 1 N–H and O–H groups in total. The van der Waals surface area contributed by atoms with Gasteiger partial charge in [0.05, 0.1) is 23.1 Å². The minimum Gasteiger partial charge on any atom is -0.354 e. The summed E-state index contributed by atoms with van der Waals surface area (Å²) in [6.45, 7) is 3.43. The summed E-state index contributed by atoms with van der Waals surface area (Å²) in [6, 6.07) is 15.3. The van der Waals surface area contributed by atoms with Gasteiger partial charge in [0.1, 0.15) is 17.5 Å². The van der Waals surface area contributed by atoms with Crippen LogP contribution in [0.15, 0.2) is 67.0 Å². The number of imidazole rings is 1. The van der Waals surface area contributed by atoms with E-state index in [0.717, 1.165) is 58.8 Å². The van der Waals surface area contributed by atoms with Crippen molar-refractivity contribution in [2.45, 2.75) is 32.4 Å². The van der Waals surface area contributed by atoms with Crippen LogP contribution in [0.4, 0.5) is 14.7 Å². The van der Waals surface area contributed by atoms with E-state index >= 15 is 0 Å². The van der Waals surface area contributed by atoms with Crippen molar-refractivity contribution < 1.29 is 8.78 Å². The molecule has 1 aliphatic rings. The number of aryl methyl sites for hydroxylation is 1. The van der Waals surface area contributed by atoms with Crippen LogP contribution >= 0.6 is 0 Å². The second-order valence-electron chi connectivity index (χ2n) is 8.76. The van der Waals surface area contributed by atoms with Crippen LogP contribution in [0.3, 0.4) is 0 Å². The van der Waals surface area contributed by atoms with Crippen molar-refractivity contribution in [3.05, 3.63) is 84.4 Å². The predicted molar refractivity (Wildman–Crippen MR) is 132 cm³/mol. The molecule has 1 unspecified atom stereocenters. The Morgan fingerprint density at radius 2 is 1.83 bits per heavy atom. The molecule has 3 aromatic heterocycles. The van der Waals surface area contributed by atoms with E-state index in [1.807, 2.05) is 31.3 Å². The Morgan fingerprint density at radius 3 is 2.66 bits per heavy atom. The first kappa shape index (κ1) is 21.5. The van der Waals surface area contributed by atoms with Gasteiger partial charge >= 0.3 is 0 Å². The number of anilines is 1. The molecule has 0 fully saturated rings. The van der Waals surface area contributed by atoms with Crippen molar-refractivity contribution in [1.82, 2.24) is 24.1 Å². The van der Waals surface area contributed by atoms with Crippen molar-refractivity contribution in [1.29, 1.82) is 0 Å². The molecule has 176 valence electrons. The van der Waals surface area contributed by atoms with Gasteiger partial charge in [-0.15, -0.1) is 0 Å². The fourth-order valence-corrected chi connectivity index (χ4v) is 4.99. The lowest BCUT2D eigenvalue weighted by Gasteiger charge is -2.19. The quantitative estimate of drug-likeness (QED) is 0.338. The molecule has 8 heteroatoms. The first-order valence-electron chi connectivity index (χ1n) is 11.8. The summed E-state index contributed by atoms with van der Waals surface area (Å²) in [6.07, 6.45) is 5.52. The third-order valence-corrected chi connectivity index (χ3v) is 6.54. The van der Waals surface area contributed by atoms with Gasteiger partial charge < -0.3 is 14.5 Å². The normalized spacial score (nSPS) is 15.0. The Hall–Kier alpha value is -4.07. The van der Waals surface area contributed by atoms with Crippen LogP contribution in [0.2, 0.25) is 0 Å². The maximum atomic E-state index is 13.7. The highest BCUT2D eigenvalue weighted by Gasteiger charge is 2.31. The van der Waals surface area contributed by atoms with Gasteiger partial charge in [0.2, 0.25) is 5.95 Å². The van der Waals surface area contributed by atoms with Gasteiger partial charge in [-0.25, -0.2) is 23.7 Å². The number of aromatic nitrogens is 5. The van der Waals surface area contributed by atoms with Crippen molar-refractivity contribution in [2.75, 3.05) is 11.9 Å². The number of fused-ring (bicyclic) bond motifs is 2. The molecule has 5 aromatic rings. The predicted octanol–water partition coefficient (Wildman–Crippen LogP) is 5.86. The molecule has 2 aromatic carbocycles. The number of rotatable bonds is 6. The summed E-state index contributed by atoms with van der Waals surface area (Å²) in [5, 5.41) is 4.06. The monoisotopic (exact) mass is 470 g/mol. The van der Waals surface area contributed by atoms with Gasteiger partial charge in [0, 0.05) is 48.4 Å². The summed E-state index contributed by atoms with van der Waals surface area (Å²) in [7, 11) is 0. The molecule has 0 aliphatic carbocycles. The molecule has 0 saturated carbocycles. The Kier molecular flexibility index (Phi) is 5.28. The van der Waals surface area contributed by atoms with Crippen LogP contribution in [0.1, 0.15) is 25.2 Å². The van der Waals surface area contributed by atoms with E-state index in [-0.39, 0.29) is 17.7 Å². The van der Waals surface area contributed by atoms with E-state index in [0.29, 0.717) is 12.5 Å². The molecule has 0 saturated heterocycles. The fraction of sp³-hybridized carbons (Fsp3) is 0.222. The summed E-state index contributed by atoms with van der Waals surface area (Å²) in [5.74, 6) is 1.01. The molecule has 0 amide bonds. The topological polar surface area (TPSA) is 60.6 Å². The summed E-state index contributed by atoms with van der Waals surface area (Å²) >= 11 is 0. The lowest BCUT2D eigenvalue weighted by Crippen LogP contribution is -2.14. The van der Waals surface area contributed by atoms with Gasteiger partial charge in [-0.2, -0.15) is 0 Å². The number of nitrogens with one attached hydrogen (secondary N) is 1. The van der Waals surface area contributed by atoms with E-state index in [1.54, 1.807) is 24.4 Å². The molecule has 35 heavy (non-hydrogen) atoms. The van der Waals surface area contributed by atoms with Crippen molar-refractivity contribution >= 4 is 16.9 Å². The zero-order valence-electron chi connectivity index (χ0n) is 19.2. The van der Waals surface area contributed by atoms with Crippen molar-refractivity contribution in [2.24, 2.45) is 0 Å². The maximum absolute atomic E-state index is 13.7. The lowest BCUT2D eigenvalue weighted by molar-refractivity contribution is 0.459. The molecule has 6 rings (SSSR count). The number of halogens is 2. The third-order valence-electron chi connectivity index (χ3n) is 6.54. The third kappa shape index (κ3) is 3.84. The molecule has 0 bridgehead atoms. The zero-order valence-corrected chi connectivity index (χ0v) is 19.2. The summed E-state index contributed by atoms with van der Waals surface area (Å²) in [5.41, 5.74) is 4.29. The van der Waals surface area contributed by atoms with Crippen LogP contribution in [0.25, 0.3) is 33.5 Å². The Labute approximate surface area is 201 Å². The van der Waals surface area contributed by atoms with Crippen LogP contribution in [-0.2, 0) is 13.0 Å². The van der Waals surface area contributed by atoms with Crippen molar-refractivity contribution in [3.63, 3.8) is 0 Å². The summed E-state index contributed by atoms with van der Waals surface area (Å²) < 4.78 is 31.8. The highest BCUT2D eigenvalue weighted by atomic mass is 19.1. The lowest BCUT2D eigenvalue weighted by atomic mass is 10.1. The Bertz CT molecular complexity index is 1520. The highest BCUT2D eigenvalue weighted by Crippen LogP contribution is 2.40. The first-order chi connectivity index (χ1) is 17.1. The molecule has 6 nitrogen and oxygen atoms in total. The van der Waals surface area contributed by atoms with E-state index in [4.69, 9.17) is 9.97 Å². The van der Waals surface area contributed by atoms with Crippen LogP contribution in [0, 0.1) is 11.6 Å². The molecular formula is C27H24F2N6. The Balaban J connectivity index is 1.47. The molecule has 0 spiro atoms. The maximum Gasteiger partial charge on any atom is 0.223 e. The van der Waals surface area contributed by atoms with E-state index in [1.165, 1.54) is 18.2 Å².